The number of carbonyl (C=O) groups is 1. The highest BCUT2D eigenvalue weighted by Gasteiger charge is 2.27. The number of aryl methyl sites for hydroxylation is 1. The van der Waals surface area contributed by atoms with Crippen LogP contribution in [-0.4, -0.2) is 20.6 Å². The van der Waals surface area contributed by atoms with Crippen molar-refractivity contribution in [1.29, 1.82) is 0 Å². The molecule has 1 unspecified atom stereocenters. The summed E-state index contributed by atoms with van der Waals surface area (Å²) >= 11 is 0. The van der Waals surface area contributed by atoms with Crippen molar-refractivity contribution in [2.75, 3.05) is 0 Å². The zero-order chi connectivity index (χ0) is 25.7. The lowest BCUT2D eigenvalue weighted by molar-refractivity contribution is 0.0924. The predicted molar refractivity (Wildman–Crippen MR) is 146 cm³/mol. The van der Waals surface area contributed by atoms with Gasteiger partial charge in [-0.25, -0.2) is 4.98 Å². The third-order valence-corrected chi connectivity index (χ3v) is 6.54. The van der Waals surface area contributed by atoms with Gasteiger partial charge in [-0.1, -0.05) is 74.5 Å². The molecule has 4 aromatic rings. The number of phenolic OH excluding ortho intramolecular Hbond substituents is 1. The lowest BCUT2D eigenvalue weighted by atomic mass is 9.97. The third kappa shape index (κ3) is 5.51. The van der Waals surface area contributed by atoms with E-state index in [1.807, 2.05) is 73.0 Å². The van der Waals surface area contributed by atoms with Crippen LogP contribution in [-0.2, 0) is 6.54 Å². The van der Waals surface area contributed by atoms with Crippen molar-refractivity contribution in [1.82, 2.24) is 14.9 Å². The SMILES string of the molecule is CCn1c(-c2ccccc2)nc(-c2ccc(O)cc2C)c1C(=O)NC(CCC(C)C)c1ccccc1. The lowest BCUT2D eigenvalue weighted by Crippen LogP contribution is -2.31. The molecule has 1 amide bonds. The predicted octanol–water partition coefficient (Wildman–Crippen LogP) is 7.16. The molecule has 2 N–H and O–H groups in total. The number of nitrogens with one attached hydrogen (secondary N) is 1. The van der Waals surface area contributed by atoms with Gasteiger partial charge in [0.15, 0.2) is 0 Å². The van der Waals surface area contributed by atoms with E-state index >= 15 is 0 Å². The van der Waals surface area contributed by atoms with E-state index in [0.717, 1.165) is 40.9 Å². The summed E-state index contributed by atoms with van der Waals surface area (Å²) in [4.78, 5) is 19.1. The molecule has 1 heterocycles. The van der Waals surface area contributed by atoms with Gasteiger partial charge in [-0.15, -0.1) is 0 Å². The first-order valence-electron chi connectivity index (χ1n) is 12.7. The lowest BCUT2D eigenvalue weighted by Gasteiger charge is -2.21. The van der Waals surface area contributed by atoms with Gasteiger partial charge >= 0.3 is 0 Å². The molecule has 0 aliphatic heterocycles. The Morgan fingerprint density at radius 3 is 2.25 bits per heavy atom. The second kappa shape index (κ2) is 11.3. The van der Waals surface area contributed by atoms with Gasteiger partial charge < -0.3 is 15.0 Å². The molecular formula is C31H35N3O2. The molecule has 1 atom stereocenters. The van der Waals surface area contributed by atoms with E-state index in [1.165, 1.54) is 0 Å². The van der Waals surface area contributed by atoms with Gasteiger partial charge in [-0.05, 0) is 61.9 Å². The number of aromatic nitrogens is 2. The number of benzene rings is 3. The summed E-state index contributed by atoms with van der Waals surface area (Å²) in [6.07, 6.45) is 1.86. The van der Waals surface area contributed by atoms with Crippen LogP contribution in [0.25, 0.3) is 22.6 Å². The Morgan fingerprint density at radius 1 is 0.972 bits per heavy atom. The minimum Gasteiger partial charge on any atom is -0.508 e. The number of amides is 1. The molecule has 0 aliphatic carbocycles. The van der Waals surface area contributed by atoms with Crippen LogP contribution >= 0.6 is 0 Å². The molecule has 0 aliphatic rings. The second-order valence-corrected chi connectivity index (χ2v) is 9.65. The molecule has 0 bridgehead atoms. The van der Waals surface area contributed by atoms with E-state index < -0.39 is 0 Å². The summed E-state index contributed by atoms with van der Waals surface area (Å²) in [7, 11) is 0. The zero-order valence-electron chi connectivity index (χ0n) is 21.5. The molecule has 5 nitrogen and oxygen atoms in total. The fourth-order valence-corrected chi connectivity index (χ4v) is 4.63. The molecule has 1 aromatic heterocycles. The van der Waals surface area contributed by atoms with E-state index in [4.69, 9.17) is 4.98 Å². The van der Waals surface area contributed by atoms with Crippen LogP contribution < -0.4 is 5.32 Å². The maximum absolute atomic E-state index is 14.0. The molecule has 3 aromatic carbocycles. The Bertz CT molecular complexity index is 1310. The first kappa shape index (κ1) is 25.2. The highest BCUT2D eigenvalue weighted by Crippen LogP contribution is 2.33. The summed E-state index contributed by atoms with van der Waals surface area (Å²) in [5, 5.41) is 13.3. The molecule has 4 rings (SSSR count). The number of hydrogen-bond acceptors (Lipinski definition) is 3. The van der Waals surface area contributed by atoms with E-state index in [-0.39, 0.29) is 17.7 Å². The fourth-order valence-electron chi connectivity index (χ4n) is 4.63. The van der Waals surface area contributed by atoms with Gasteiger partial charge in [0, 0.05) is 17.7 Å². The Balaban J connectivity index is 1.83. The van der Waals surface area contributed by atoms with Crippen LogP contribution in [0, 0.1) is 12.8 Å². The molecule has 0 fully saturated rings. The molecule has 0 saturated carbocycles. The Hall–Kier alpha value is -3.86. The van der Waals surface area contributed by atoms with Gasteiger partial charge in [0.25, 0.3) is 5.91 Å². The number of nitrogens with zero attached hydrogens (tertiary/aromatic N) is 2. The number of rotatable bonds is 9. The van der Waals surface area contributed by atoms with Crippen LogP contribution in [0.2, 0.25) is 0 Å². The number of phenols is 1. The summed E-state index contributed by atoms with van der Waals surface area (Å²) < 4.78 is 2.00. The number of aromatic hydroxyl groups is 1. The maximum Gasteiger partial charge on any atom is 0.270 e. The molecule has 36 heavy (non-hydrogen) atoms. The second-order valence-electron chi connectivity index (χ2n) is 9.65. The normalized spacial score (nSPS) is 12.0. The van der Waals surface area contributed by atoms with E-state index in [9.17, 15) is 9.90 Å². The average Bonchev–Trinajstić information content (AvgIpc) is 3.27. The highest BCUT2D eigenvalue weighted by atomic mass is 16.3. The van der Waals surface area contributed by atoms with Crippen molar-refractivity contribution < 1.29 is 9.90 Å². The van der Waals surface area contributed by atoms with Gasteiger partial charge in [0.05, 0.1) is 6.04 Å². The quantitative estimate of drug-likeness (QED) is 0.267. The van der Waals surface area contributed by atoms with Gasteiger partial charge in [0.2, 0.25) is 0 Å². The van der Waals surface area contributed by atoms with Crippen molar-refractivity contribution in [3.05, 3.63) is 95.7 Å². The standard InChI is InChI=1S/C31H35N3O2/c1-5-34-29(31(36)32-27(19-16-21(2)3)23-12-8-6-9-13-23)28(26-18-17-25(35)20-22(26)4)33-30(34)24-14-10-7-11-15-24/h6-15,17-18,20-21,27,35H,5,16,19H2,1-4H3,(H,32,36). The third-order valence-electron chi connectivity index (χ3n) is 6.54. The Morgan fingerprint density at radius 2 is 1.64 bits per heavy atom. The van der Waals surface area contributed by atoms with Gasteiger partial charge in [-0.2, -0.15) is 0 Å². The largest absolute Gasteiger partial charge is 0.508 e. The van der Waals surface area contributed by atoms with E-state index in [1.54, 1.807) is 12.1 Å². The Labute approximate surface area is 213 Å². The number of imidazole rings is 1. The molecular weight excluding hydrogens is 446 g/mol. The van der Waals surface area contributed by atoms with Crippen molar-refractivity contribution >= 4 is 5.91 Å². The summed E-state index contributed by atoms with van der Waals surface area (Å²) in [5.74, 6) is 1.34. The van der Waals surface area contributed by atoms with Crippen LogP contribution in [0.3, 0.4) is 0 Å². The van der Waals surface area contributed by atoms with Crippen LogP contribution in [0.15, 0.2) is 78.9 Å². The smallest absolute Gasteiger partial charge is 0.270 e. The van der Waals surface area contributed by atoms with Crippen molar-refractivity contribution in [2.24, 2.45) is 5.92 Å². The minimum absolute atomic E-state index is 0.102. The summed E-state index contributed by atoms with van der Waals surface area (Å²) in [6, 6.07) is 25.2. The van der Waals surface area contributed by atoms with E-state index in [2.05, 4.69) is 31.3 Å². The van der Waals surface area contributed by atoms with Crippen molar-refractivity contribution in [2.45, 2.75) is 53.1 Å². The molecule has 0 saturated heterocycles. The fraction of sp³-hybridized carbons (Fsp3) is 0.290. The van der Waals surface area contributed by atoms with Gasteiger partial charge in [-0.3, -0.25) is 4.79 Å². The van der Waals surface area contributed by atoms with Crippen LogP contribution in [0.5, 0.6) is 5.75 Å². The zero-order valence-corrected chi connectivity index (χ0v) is 21.5. The Kier molecular flexibility index (Phi) is 7.89. The molecule has 0 radical (unpaired) electrons. The van der Waals surface area contributed by atoms with Crippen molar-refractivity contribution in [3.63, 3.8) is 0 Å². The minimum atomic E-state index is -0.147. The van der Waals surface area contributed by atoms with Crippen LogP contribution in [0.1, 0.15) is 61.3 Å². The molecule has 186 valence electrons. The monoisotopic (exact) mass is 481 g/mol. The van der Waals surface area contributed by atoms with E-state index in [0.29, 0.717) is 23.9 Å². The molecule has 5 heteroatoms. The highest BCUT2D eigenvalue weighted by molar-refractivity contribution is 6.00. The maximum atomic E-state index is 14.0. The van der Waals surface area contributed by atoms with Crippen molar-refractivity contribution in [3.8, 4) is 28.4 Å². The first-order valence-corrected chi connectivity index (χ1v) is 12.7. The average molecular weight is 482 g/mol. The number of carbonyl (C=O) groups excluding carboxylic acids is 1. The molecule has 0 spiro atoms. The first-order chi connectivity index (χ1) is 17.4. The van der Waals surface area contributed by atoms with Gasteiger partial charge in [0.1, 0.15) is 23.0 Å². The number of hydrogen-bond donors (Lipinski definition) is 2. The summed E-state index contributed by atoms with van der Waals surface area (Å²) in [5.41, 5.74) is 4.91. The van der Waals surface area contributed by atoms with Crippen LogP contribution in [0.4, 0.5) is 0 Å². The summed E-state index contributed by atoms with van der Waals surface area (Å²) in [6.45, 7) is 8.96. The topological polar surface area (TPSA) is 67.1 Å².